The highest BCUT2D eigenvalue weighted by Crippen LogP contribution is 2.19. The maximum absolute atomic E-state index is 12.9. The summed E-state index contributed by atoms with van der Waals surface area (Å²) >= 11 is 5.47. The van der Waals surface area contributed by atoms with Gasteiger partial charge >= 0.3 is 5.69 Å². The normalized spacial score (nSPS) is 12.5. The second-order valence-electron chi connectivity index (χ2n) is 6.48. The predicted molar refractivity (Wildman–Crippen MR) is 108 cm³/mol. The van der Waals surface area contributed by atoms with Gasteiger partial charge in [0.05, 0.1) is 0 Å². The molecule has 0 aliphatic carbocycles. The average molecular weight is 371 g/mol. The van der Waals surface area contributed by atoms with Crippen molar-refractivity contribution in [1.82, 2.24) is 9.13 Å². The lowest BCUT2D eigenvalue weighted by molar-refractivity contribution is 0.0940. The summed E-state index contributed by atoms with van der Waals surface area (Å²) in [7, 11) is 3.44. The van der Waals surface area contributed by atoms with Gasteiger partial charge < -0.3 is 4.57 Å². The molecular formula is C21H26N2O2S. The summed E-state index contributed by atoms with van der Waals surface area (Å²) in [5.74, 6) is -0.0817. The number of rotatable bonds is 7. The van der Waals surface area contributed by atoms with E-state index in [1.807, 2.05) is 49.4 Å². The van der Waals surface area contributed by atoms with Crippen LogP contribution in [0, 0.1) is 17.5 Å². The molecule has 0 amide bonds. The van der Waals surface area contributed by atoms with Crippen molar-refractivity contribution in [3.05, 3.63) is 74.4 Å². The molecule has 0 radical (unpaired) electrons. The number of aromatic nitrogens is 2. The lowest BCUT2D eigenvalue weighted by Crippen LogP contribution is -2.30. The maximum atomic E-state index is 12.9. The van der Waals surface area contributed by atoms with Crippen LogP contribution in [0.4, 0.5) is 0 Å². The number of hydrogen-bond donors (Lipinski definition) is 0. The smallest absolute Gasteiger partial charge is 0.301 e. The number of nitrogens with zero attached hydrogens (tertiary/aromatic N) is 2. The van der Waals surface area contributed by atoms with E-state index in [9.17, 15) is 9.59 Å². The third kappa shape index (κ3) is 4.28. The molecule has 0 aliphatic rings. The Hall–Kier alpha value is -2.27. The summed E-state index contributed by atoms with van der Waals surface area (Å²) in [6.45, 7) is 3.96. The largest absolute Gasteiger partial charge is 0.328 e. The molecule has 0 spiro atoms. The zero-order valence-corrected chi connectivity index (χ0v) is 16.7. The highest BCUT2D eigenvalue weighted by Gasteiger charge is 2.19. The summed E-state index contributed by atoms with van der Waals surface area (Å²) in [6, 6.07) is 9.37. The van der Waals surface area contributed by atoms with Crippen LogP contribution < -0.4 is 5.69 Å². The monoisotopic (exact) mass is 370 g/mol. The van der Waals surface area contributed by atoms with Crippen LogP contribution in [0.5, 0.6) is 0 Å². The Morgan fingerprint density at radius 3 is 2.46 bits per heavy atom. The molecule has 5 heteroatoms. The molecule has 0 aliphatic heterocycles. The summed E-state index contributed by atoms with van der Waals surface area (Å²) in [5.41, 5.74) is 2.42. The van der Waals surface area contributed by atoms with Gasteiger partial charge in [0.2, 0.25) is 0 Å². The van der Waals surface area contributed by atoms with Gasteiger partial charge in [0, 0.05) is 36.8 Å². The molecule has 26 heavy (non-hydrogen) atoms. The Kier molecular flexibility index (Phi) is 6.86. The first-order valence-corrected chi connectivity index (χ1v) is 9.30. The van der Waals surface area contributed by atoms with E-state index in [1.165, 1.54) is 4.57 Å². The molecule has 0 fully saturated rings. The van der Waals surface area contributed by atoms with Gasteiger partial charge in [0.15, 0.2) is 5.78 Å². The molecule has 1 atom stereocenters. The van der Waals surface area contributed by atoms with Crippen LogP contribution >= 0.6 is 12.2 Å². The Labute approximate surface area is 159 Å². The van der Waals surface area contributed by atoms with Crippen molar-refractivity contribution in [1.29, 1.82) is 0 Å². The Bertz CT molecular complexity index is 924. The van der Waals surface area contributed by atoms with Crippen LogP contribution in [0.15, 0.2) is 47.3 Å². The minimum absolute atomic E-state index is 0.119. The zero-order chi connectivity index (χ0) is 19.3. The van der Waals surface area contributed by atoms with E-state index < -0.39 is 0 Å². The first-order valence-electron chi connectivity index (χ1n) is 8.89. The fourth-order valence-electron chi connectivity index (χ4n) is 3.03. The third-order valence-electron chi connectivity index (χ3n) is 4.78. The van der Waals surface area contributed by atoms with Crippen molar-refractivity contribution in [2.45, 2.75) is 33.1 Å². The van der Waals surface area contributed by atoms with Gasteiger partial charge in [-0.2, -0.15) is 0 Å². The predicted octanol–water partition coefficient (Wildman–Crippen LogP) is 4.16. The number of ketones is 1. The van der Waals surface area contributed by atoms with Crippen LogP contribution in [-0.4, -0.2) is 14.9 Å². The van der Waals surface area contributed by atoms with Crippen molar-refractivity contribution in [2.24, 2.45) is 20.0 Å². The first-order chi connectivity index (χ1) is 12.4. The number of benzene rings is 1. The molecule has 1 unspecified atom stereocenters. The van der Waals surface area contributed by atoms with E-state index in [4.69, 9.17) is 12.2 Å². The van der Waals surface area contributed by atoms with Crippen LogP contribution in [0.1, 0.15) is 41.4 Å². The van der Waals surface area contributed by atoms with Crippen molar-refractivity contribution >= 4 is 18.0 Å². The molecule has 2 aromatic rings. The Balaban J connectivity index is 2.32. The molecule has 0 saturated heterocycles. The van der Waals surface area contributed by atoms with Crippen LogP contribution in [0.2, 0.25) is 0 Å². The van der Waals surface area contributed by atoms with Crippen molar-refractivity contribution in [2.75, 3.05) is 0 Å². The number of Topliss-reactive ketones (excluding diaryl/α,β-unsaturated/α-hetero) is 1. The maximum Gasteiger partial charge on any atom is 0.328 e. The van der Waals surface area contributed by atoms with E-state index in [2.05, 4.69) is 6.92 Å². The van der Waals surface area contributed by atoms with Gasteiger partial charge in [-0.3, -0.25) is 9.36 Å². The first kappa shape index (κ1) is 20.0. The van der Waals surface area contributed by atoms with E-state index >= 15 is 0 Å². The minimum Gasteiger partial charge on any atom is -0.301 e. The molecule has 2 rings (SSSR count). The quantitative estimate of drug-likeness (QED) is 0.418. The van der Waals surface area contributed by atoms with Gasteiger partial charge in [-0.05, 0) is 26.2 Å². The average Bonchev–Trinajstić information content (AvgIpc) is 2.67. The van der Waals surface area contributed by atoms with E-state index in [1.54, 1.807) is 18.7 Å². The highest BCUT2D eigenvalue weighted by molar-refractivity contribution is 7.71. The second kappa shape index (κ2) is 8.90. The summed E-state index contributed by atoms with van der Waals surface area (Å²) in [5, 5.41) is 0. The fourth-order valence-corrected chi connectivity index (χ4v) is 3.36. The van der Waals surface area contributed by atoms with E-state index in [0.717, 1.165) is 23.2 Å². The lowest BCUT2D eigenvalue weighted by Gasteiger charge is -2.16. The number of carbonyl (C=O) groups is 1. The Morgan fingerprint density at radius 1 is 1.19 bits per heavy atom. The van der Waals surface area contributed by atoms with Crippen LogP contribution in [0.25, 0.3) is 0 Å². The molecule has 4 nitrogen and oxygen atoms in total. The molecule has 0 saturated carbocycles. The minimum atomic E-state index is -0.200. The molecule has 1 aromatic heterocycles. The van der Waals surface area contributed by atoms with Gasteiger partial charge in [-0.15, -0.1) is 0 Å². The van der Waals surface area contributed by atoms with Crippen molar-refractivity contribution < 1.29 is 4.79 Å². The topological polar surface area (TPSA) is 44.0 Å². The standard InChI is InChI=1S/C21H26N2O2S/c1-5-6-10-17(19(24)16-11-8-7-9-12-16)13-14-18-15(2)22(3)21(25)23(4)20(18)26/h6-12,17H,5,13-14H2,1-4H3/b10-6-. The Morgan fingerprint density at radius 2 is 1.85 bits per heavy atom. The molecular weight excluding hydrogens is 344 g/mol. The SMILES string of the molecule is CC/C=C\C(CCc1c(C)n(C)c(=O)n(C)c1=S)C(=O)c1ccccc1. The molecule has 1 aromatic carbocycles. The fraction of sp³-hybridized carbons (Fsp3) is 0.381. The number of carbonyl (C=O) groups excluding carboxylic acids is 1. The molecule has 138 valence electrons. The number of allylic oxidation sites excluding steroid dienone is 2. The van der Waals surface area contributed by atoms with Crippen molar-refractivity contribution in [3.63, 3.8) is 0 Å². The van der Waals surface area contributed by atoms with Crippen LogP contribution in [-0.2, 0) is 20.5 Å². The molecule has 0 bridgehead atoms. The van der Waals surface area contributed by atoms with Crippen molar-refractivity contribution in [3.8, 4) is 0 Å². The summed E-state index contributed by atoms with van der Waals surface area (Å²) in [6.07, 6.45) is 6.24. The zero-order valence-electron chi connectivity index (χ0n) is 15.9. The van der Waals surface area contributed by atoms with Crippen LogP contribution in [0.3, 0.4) is 0 Å². The van der Waals surface area contributed by atoms with E-state index in [0.29, 0.717) is 17.5 Å². The molecule has 0 N–H and O–H groups in total. The van der Waals surface area contributed by atoms with Gasteiger partial charge in [-0.1, -0.05) is 61.6 Å². The van der Waals surface area contributed by atoms with Gasteiger partial charge in [0.1, 0.15) is 4.64 Å². The number of hydrogen-bond acceptors (Lipinski definition) is 3. The lowest BCUT2D eigenvalue weighted by atomic mass is 9.91. The van der Waals surface area contributed by atoms with E-state index in [-0.39, 0.29) is 17.4 Å². The molecule has 1 heterocycles. The second-order valence-corrected chi connectivity index (χ2v) is 6.87. The summed E-state index contributed by atoms with van der Waals surface area (Å²) < 4.78 is 3.66. The highest BCUT2D eigenvalue weighted by atomic mass is 32.1. The third-order valence-corrected chi connectivity index (χ3v) is 5.30. The summed E-state index contributed by atoms with van der Waals surface area (Å²) in [4.78, 5) is 25.0. The van der Waals surface area contributed by atoms with Gasteiger partial charge in [0.25, 0.3) is 0 Å². The van der Waals surface area contributed by atoms with Gasteiger partial charge in [-0.25, -0.2) is 4.79 Å².